The van der Waals surface area contributed by atoms with Gasteiger partial charge in [0.05, 0.1) is 23.4 Å². The lowest BCUT2D eigenvalue weighted by molar-refractivity contribution is -0.119. The summed E-state index contributed by atoms with van der Waals surface area (Å²) in [5.41, 5.74) is 4.28. The van der Waals surface area contributed by atoms with Crippen molar-refractivity contribution in [2.24, 2.45) is 5.10 Å². The van der Waals surface area contributed by atoms with Gasteiger partial charge in [0.2, 0.25) is 0 Å². The molecule has 1 amide bonds. The van der Waals surface area contributed by atoms with E-state index in [4.69, 9.17) is 4.74 Å². The summed E-state index contributed by atoms with van der Waals surface area (Å²) in [6.45, 7) is 3.61. The van der Waals surface area contributed by atoms with E-state index >= 15 is 0 Å². The van der Waals surface area contributed by atoms with Crippen LogP contribution in [0.5, 0.6) is 11.5 Å². The van der Waals surface area contributed by atoms with E-state index < -0.39 is 22.5 Å². The summed E-state index contributed by atoms with van der Waals surface area (Å²) in [7, 11) is -4.01. The van der Waals surface area contributed by atoms with E-state index in [2.05, 4.69) is 10.5 Å². The van der Waals surface area contributed by atoms with Gasteiger partial charge < -0.3 is 9.84 Å². The number of thioether (sulfide) groups is 1. The molecular weight excluding hydrogens is 486 g/mol. The van der Waals surface area contributed by atoms with Crippen LogP contribution in [0.25, 0.3) is 0 Å². The Balaban J connectivity index is 1.81. The molecule has 0 aromatic heterocycles. The minimum Gasteiger partial charge on any atom is -0.504 e. The molecule has 0 atom stereocenters. The lowest BCUT2D eigenvalue weighted by Crippen LogP contribution is -2.39. The lowest BCUT2D eigenvalue weighted by Gasteiger charge is -2.24. The van der Waals surface area contributed by atoms with Crippen molar-refractivity contribution in [2.45, 2.75) is 23.6 Å². The van der Waals surface area contributed by atoms with Crippen molar-refractivity contribution < 1.29 is 23.1 Å². The molecule has 0 aliphatic rings. The van der Waals surface area contributed by atoms with Gasteiger partial charge in [-0.15, -0.1) is 11.8 Å². The van der Waals surface area contributed by atoms with Crippen LogP contribution in [0.2, 0.25) is 0 Å². The van der Waals surface area contributed by atoms with Crippen LogP contribution in [-0.4, -0.2) is 45.1 Å². The Labute approximate surface area is 209 Å². The number of carbonyl (C=O) groups is 1. The Morgan fingerprint density at radius 2 is 1.80 bits per heavy atom. The Hall–Kier alpha value is -3.50. The van der Waals surface area contributed by atoms with Gasteiger partial charge in [-0.05, 0) is 80.3 Å². The Morgan fingerprint density at radius 3 is 2.43 bits per heavy atom. The molecule has 3 aromatic carbocycles. The second-order valence-electron chi connectivity index (χ2n) is 7.48. The van der Waals surface area contributed by atoms with Crippen LogP contribution in [0.1, 0.15) is 18.1 Å². The largest absolute Gasteiger partial charge is 0.504 e. The summed E-state index contributed by atoms with van der Waals surface area (Å²) in [4.78, 5) is 13.7. The Morgan fingerprint density at radius 1 is 1.11 bits per heavy atom. The normalized spacial score (nSPS) is 11.4. The number of benzene rings is 3. The van der Waals surface area contributed by atoms with Crippen LogP contribution in [0.3, 0.4) is 0 Å². The zero-order valence-corrected chi connectivity index (χ0v) is 21.3. The highest BCUT2D eigenvalue weighted by atomic mass is 32.2. The Bertz CT molecular complexity index is 1290. The molecule has 10 heteroatoms. The molecule has 0 unspecified atom stereocenters. The maximum atomic E-state index is 13.4. The fourth-order valence-electron chi connectivity index (χ4n) is 3.13. The van der Waals surface area contributed by atoms with Crippen molar-refractivity contribution in [3.63, 3.8) is 0 Å². The minimum absolute atomic E-state index is 0.00227. The molecule has 0 aliphatic heterocycles. The first kappa shape index (κ1) is 26.1. The molecule has 0 bridgehead atoms. The predicted octanol–water partition coefficient (Wildman–Crippen LogP) is 4.17. The molecule has 0 aliphatic carbocycles. The highest BCUT2D eigenvalue weighted by Crippen LogP contribution is 2.27. The number of hydrazone groups is 1. The van der Waals surface area contributed by atoms with Gasteiger partial charge in [0.1, 0.15) is 6.54 Å². The molecular formula is C25H27N3O5S2. The first-order valence-electron chi connectivity index (χ1n) is 10.8. The number of hydrogen-bond acceptors (Lipinski definition) is 7. The molecule has 0 saturated heterocycles. The average molecular weight is 514 g/mol. The number of nitrogens with one attached hydrogen (secondary N) is 1. The van der Waals surface area contributed by atoms with Gasteiger partial charge in [-0.25, -0.2) is 13.8 Å². The van der Waals surface area contributed by atoms with E-state index in [9.17, 15) is 18.3 Å². The van der Waals surface area contributed by atoms with E-state index in [0.717, 1.165) is 14.8 Å². The SMILES string of the molecule is CCOc1cc(/C=N\NC(=O)CN(c2ccc(C)cc2)S(=O)(=O)c2ccc(SC)cc2)ccc1O. The number of carbonyl (C=O) groups excluding carboxylic acids is 1. The smallest absolute Gasteiger partial charge is 0.264 e. The second-order valence-corrected chi connectivity index (χ2v) is 10.2. The number of amides is 1. The number of aryl methyl sites for hydroxylation is 1. The summed E-state index contributed by atoms with van der Waals surface area (Å²) in [5, 5.41) is 13.7. The highest BCUT2D eigenvalue weighted by Gasteiger charge is 2.27. The number of phenolic OH excluding ortho intramolecular Hbond substituents is 1. The lowest BCUT2D eigenvalue weighted by atomic mass is 10.2. The molecule has 0 fully saturated rings. The molecule has 0 heterocycles. The van der Waals surface area contributed by atoms with Gasteiger partial charge in [0.15, 0.2) is 11.5 Å². The number of anilines is 1. The van der Waals surface area contributed by atoms with Crippen molar-refractivity contribution in [1.82, 2.24) is 5.43 Å². The Kier molecular flexibility index (Phi) is 8.78. The average Bonchev–Trinajstić information content (AvgIpc) is 2.85. The summed E-state index contributed by atoms with van der Waals surface area (Å²) < 4.78 is 33.3. The minimum atomic E-state index is -4.01. The fraction of sp³-hybridized carbons (Fsp3) is 0.200. The quantitative estimate of drug-likeness (QED) is 0.239. The van der Waals surface area contributed by atoms with Crippen molar-refractivity contribution >= 4 is 39.6 Å². The molecule has 0 radical (unpaired) electrons. The molecule has 2 N–H and O–H groups in total. The molecule has 3 aromatic rings. The fourth-order valence-corrected chi connectivity index (χ4v) is 4.96. The summed E-state index contributed by atoms with van der Waals surface area (Å²) in [6.07, 6.45) is 3.29. The molecule has 184 valence electrons. The van der Waals surface area contributed by atoms with Crippen LogP contribution >= 0.6 is 11.8 Å². The van der Waals surface area contributed by atoms with Crippen LogP contribution in [0.4, 0.5) is 5.69 Å². The maximum Gasteiger partial charge on any atom is 0.264 e. The number of hydrogen-bond donors (Lipinski definition) is 2. The standard InChI is InChI=1S/C25H27N3O5S2/c1-4-33-24-15-19(7-14-23(24)29)16-26-27-25(30)17-28(20-8-5-18(2)6-9-20)35(31,32)22-12-10-21(34-3)11-13-22/h5-16,29H,4,17H2,1-3H3,(H,27,30)/b26-16-. The molecule has 8 nitrogen and oxygen atoms in total. The van der Waals surface area contributed by atoms with E-state index in [-0.39, 0.29) is 10.6 Å². The third-order valence-electron chi connectivity index (χ3n) is 4.94. The number of sulfonamides is 1. The van der Waals surface area contributed by atoms with Crippen LogP contribution in [0, 0.1) is 6.92 Å². The van der Waals surface area contributed by atoms with E-state index in [1.807, 2.05) is 13.2 Å². The number of aromatic hydroxyl groups is 1. The molecule has 0 spiro atoms. The van der Waals surface area contributed by atoms with Gasteiger partial charge in [0, 0.05) is 4.90 Å². The number of rotatable bonds is 10. The topological polar surface area (TPSA) is 108 Å². The van der Waals surface area contributed by atoms with Crippen molar-refractivity contribution in [3.05, 3.63) is 77.9 Å². The first-order valence-corrected chi connectivity index (χ1v) is 13.4. The molecule has 3 rings (SSSR count). The summed E-state index contributed by atoms with van der Waals surface area (Å²) in [6, 6.07) is 18.0. The predicted molar refractivity (Wildman–Crippen MR) is 139 cm³/mol. The van der Waals surface area contributed by atoms with Gasteiger partial charge >= 0.3 is 0 Å². The maximum absolute atomic E-state index is 13.4. The summed E-state index contributed by atoms with van der Waals surface area (Å²) >= 11 is 1.51. The molecule has 0 saturated carbocycles. The van der Waals surface area contributed by atoms with Gasteiger partial charge in [0.25, 0.3) is 15.9 Å². The van der Waals surface area contributed by atoms with Crippen LogP contribution in [-0.2, 0) is 14.8 Å². The van der Waals surface area contributed by atoms with Crippen molar-refractivity contribution in [1.29, 1.82) is 0 Å². The summed E-state index contributed by atoms with van der Waals surface area (Å²) in [5.74, 6) is -0.320. The van der Waals surface area contributed by atoms with Crippen LogP contribution < -0.4 is 14.5 Å². The van der Waals surface area contributed by atoms with Gasteiger partial charge in [-0.3, -0.25) is 9.10 Å². The van der Waals surface area contributed by atoms with E-state index in [1.165, 1.54) is 36.2 Å². The zero-order chi connectivity index (χ0) is 25.4. The number of phenols is 1. The third kappa shape index (κ3) is 6.77. The van der Waals surface area contributed by atoms with Crippen LogP contribution in [0.15, 0.2) is 81.6 Å². The van der Waals surface area contributed by atoms with Crippen molar-refractivity contribution in [3.8, 4) is 11.5 Å². The number of nitrogens with zero attached hydrogens (tertiary/aromatic N) is 2. The van der Waals surface area contributed by atoms with Crippen molar-refractivity contribution in [2.75, 3.05) is 23.7 Å². The van der Waals surface area contributed by atoms with E-state index in [0.29, 0.717) is 23.6 Å². The second kappa shape index (κ2) is 11.8. The first-order chi connectivity index (χ1) is 16.7. The highest BCUT2D eigenvalue weighted by molar-refractivity contribution is 7.98. The third-order valence-corrected chi connectivity index (χ3v) is 7.47. The van der Waals surface area contributed by atoms with Gasteiger partial charge in [-0.1, -0.05) is 17.7 Å². The van der Waals surface area contributed by atoms with E-state index in [1.54, 1.807) is 55.5 Å². The zero-order valence-electron chi connectivity index (χ0n) is 19.6. The monoisotopic (exact) mass is 513 g/mol. The molecule has 35 heavy (non-hydrogen) atoms. The number of ether oxygens (including phenoxy) is 1. The van der Waals surface area contributed by atoms with Gasteiger partial charge in [-0.2, -0.15) is 5.10 Å².